The smallest absolute Gasteiger partial charge is 0.159 e. The molecule has 1 aliphatic heterocycles. The summed E-state index contributed by atoms with van der Waals surface area (Å²) in [5.41, 5.74) is 6.52. The quantitative estimate of drug-likeness (QED) is 0.669. The molecule has 2 aromatic heterocycles. The Kier molecular flexibility index (Phi) is 5.47. The Hall–Kier alpha value is -3.30. The maximum atomic E-state index is 9.36. The highest BCUT2D eigenvalue weighted by Crippen LogP contribution is 2.24. The van der Waals surface area contributed by atoms with E-state index < -0.39 is 0 Å². The first-order valence-corrected chi connectivity index (χ1v) is 10.1. The van der Waals surface area contributed by atoms with Gasteiger partial charge in [0.25, 0.3) is 0 Å². The van der Waals surface area contributed by atoms with Crippen LogP contribution in [0.4, 0.5) is 0 Å². The molecule has 6 heteroatoms. The highest BCUT2D eigenvalue weighted by atomic mass is 16.5. The number of hydrogen-bond acceptors (Lipinski definition) is 5. The van der Waals surface area contributed by atoms with Crippen molar-refractivity contribution in [2.24, 2.45) is 12.0 Å². The Labute approximate surface area is 176 Å². The van der Waals surface area contributed by atoms with Gasteiger partial charge < -0.3 is 9.30 Å². The van der Waals surface area contributed by atoms with Gasteiger partial charge in [-0.05, 0) is 56.0 Å². The van der Waals surface area contributed by atoms with Crippen molar-refractivity contribution in [1.82, 2.24) is 14.5 Å². The molecular weight excluding hydrogens is 374 g/mol. The van der Waals surface area contributed by atoms with Crippen molar-refractivity contribution < 1.29 is 4.74 Å². The summed E-state index contributed by atoms with van der Waals surface area (Å²) in [6.45, 7) is 7.33. The fourth-order valence-corrected chi connectivity index (χ4v) is 3.87. The van der Waals surface area contributed by atoms with Crippen LogP contribution < -0.4 is 5.49 Å². The fraction of sp³-hybridized carbons (Fsp3) is 0.333. The van der Waals surface area contributed by atoms with Gasteiger partial charge in [-0.2, -0.15) is 5.26 Å². The van der Waals surface area contributed by atoms with Gasteiger partial charge in [0, 0.05) is 12.4 Å². The van der Waals surface area contributed by atoms with Crippen molar-refractivity contribution in [2.75, 3.05) is 13.2 Å². The molecule has 1 atom stereocenters. The van der Waals surface area contributed by atoms with E-state index in [9.17, 15) is 5.26 Å². The SMILES string of the molecule is Cc1c(C#N)cccc1[C@@H](C)/N=c1\nc(C)n(C)c2cnc(C3=CCOCC3)cc12. The van der Waals surface area contributed by atoms with Gasteiger partial charge in [0.05, 0.1) is 48.3 Å². The van der Waals surface area contributed by atoms with Crippen LogP contribution in [0.15, 0.2) is 41.5 Å². The number of hydrogen-bond donors (Lipinski definition) is 0. The summed E-state index contributed by atoms with van der Waals surface area (Å²) >= 11 is 0. The van der Waals surface area contributed by atoms with E-state index >= 15 is 0 Å². The molecule has 0 saturated heterocycles. The van der Waals surface area contributed by atoms with Gasteiger partial charge >= 0.3 is 0 Å². The normalized spacial score (nSPS) is 15.7. The molecule has 30 heavy (non-hydrogen) atoms. The Balaban J connectivity index is 1.90. The summed E-state index contributed by atoms with van der Waals surface area (Å²) in [7, 11) is 1.99. The summed E-state index contributed by atoms with van der Waals surface area (Å²) in [6.07, 6.45) is 4.85. The average Bonchev–Trinajstić information content (AvgIpc) is 2.77. The lowest BCUT2D eigenvalue weighted by Gasteiger charge is -2.15. The molecule has 0 aliphatic carbocycles. The summed E-state index contributed by atoms with van der Waals surface area (Å²) in [5.74, 6) is 0.871. The first-order valence-electron chi connectivity index (χ1n) is 10.1. The molecule has 3 aromatic rings. The highest BCUT2D eigenvalue weighted by Gasteiger charge is 2.14. The van der Waals surface area contributed by atoms with Gasteiger partial charge in [-0.15, -0.1) is 0 Å². The third-order valence-corrected chi connectivity index (χ3v) is 5.79. The van der Waals surface area contributed by atoms with Crippen molar-refractivity contribution in [3.05, 3.63) is 70.2 Å². The van der Waals surface area contributed by atoms with Crippen LogP contribution in [0.3, 0.4) is 0 Å². The van der Waals surface area contributed by atoms with E-state index in [1.807, 2.05) is 56.8 Å². The third-order valence-electron chi connectivity index (χ3n) is 5.79. The van der Waals surface area contributed by atoms with Crippen LogP contribution in [0, 0.1) is 25.2 Å². The maximum Gasteiger partial charge on any atom is 0.159 e. The number of nitriles is 1. The maximum absolute atomic E-state index is 9.36. The lowest BCUT2D eigenvalue weighted by atomic mass is 9.98. The number of benzene rings is 1. The van der Waals surface area contributed by atoms with E-state index in [4.69, 9.17) is 19.7 Å². The van der Waals surface area contributed by atoms with Crippen LogP contribution in [-0.4, -0.2) is 27.7 Å². The lowest BCUT2D eigenvalue weighted by Crippen LogP contribution is -2.18. The standard InChI is InChI=1S/C24H25N5O/c1-15-19(13-25)6-5-7-20(15)16(2)27-24-21-12-22(18-8-10-30-11-9-18)26-14-23(21)29(4)17(3)28-24/h5-8,12,14,16H,9-11H2,1-4H3/b27-24-/t16-/m1/s1. The Bertz CT molecular complexity index is 1260. The first kappa shape index (κ1) is 20.0. The molecule has 0 unspecified atom stereocenters. The summed E-state index contributed by atoms with van der Waals surface area (Å²) in [4.78, 5) is 14.5. The number of nitrogens with zero attached hydrogens (tertiary/aromatic N) is 5. The highest BCUT2D eigenvalue weighted by molar-refractivity contribution is 5.81. The van der Waals surface area contributed by atoms with Gasteiger partial charge in [0.2, 0.25) is 0 Å². The summed E-state index contributed by atoms with van der Waals surface area (Å²) < 4.78 is 7.47. The molecule has 0 saturated carbocycles. The van der Waals surface area contributed by atoms with Crippen LogP contribution in [0.2, 0.25) is 0 Å². The van der Waals surface area contributed by atoms with E-state index in [1.165, 1.54) is 5.57 Å². The number of aromatic nitrogens is 3. The first-order chi connectivity index (χ1) is 14.5. The minimum Gasteiger partial charge on any atom is -0.377 e. The molecule has 0 fully saturated rings. The van der Waals surface area contributed by atoms with Crippen molar-refractivity contribution in [3.63, 3.8) is 0 Å². The number of rotatable bonds is 3. The number of pyridine rings is 1. The van der Waals surface area contributed by atoms with Gasteiger partial charge in [-0.3, -0.25) is 9.98 Å². The van der Waals surface area contributed by atoms with Crippen LogP contribution in [0.5, 0.6) is 0 Å². The molecule has 0 N–H and O–H groups in total. The molecule has 0 spiro atoms. The Morgan fingerprint density at radius 1 is 1.30 bits per heavy atom. The monoisotopic (exact) mass is 399 g/mol. The van der Waals surface area contributed by atoms with E-state index in [1.54, 1.807) is 0 Å². The van der Waals surface area contributed by atoms with Gasteiger partial charge in [-0.25, -0.2) is 4.98 Å². The van der Waals surface area contributed by atoms with Crippen LogP contribution >= 0.6 is 0 Å². The second-order valence-corrected chi connectivity index (χ2v) is 7.62. The zero-order valence-electron chi connectivity index (χ0n) is 17.8. The third kappa shape index (κ3) is 3.64. The minimum atomic E-state index is -0.125. The Morgan fingerprint density at radius 3 is 2.87 bits per heavy atom. The topological polar surface area (TPSA) is 76.1 Å². The zero-order valence-corrected chi connectivity index (χ0v) is 17.8. The molecule has 0 amide bonds. The molecule has 1 aromatic carbocycles. The molecule has 3 heterocycles. The summed E-state index contributed by atoms with van der Waals surface area (Å²) in [6, 6.07) is 10.0. The predicted molar refractivity (Wildman–Crippen MR) is 117 cm³/mol. The molecule has 1 aliphatic rings. The van der Waals surface area contributed by atoms with Crippen molar-refractivity contribution in [3.8, 4) is 6.07 Å². The van der Waals surface area contributed by atoms with Gasteiger partial charge in [0.15, 0.2) is 5.49 Å². The van der Waals surface area contributed by atoms with E-state index in [0.29, 0.717) is 24.3 Å². The van der Waals surface area contributed by atoms with Crippen LogP contribution in [0.25, 0.3) is 16.5 Å². The second kappa shape index (κ2) is 8.21. The van der Waals surface area contributed by atoms with Crippen LogP contribution in [0.1, 0.15) is 47.6 Å². The molecule has 0 bridgehead atoms. The number of aryl methyl sites for hydroxylation is 2. The van der Waals surface area contributed by atoms with Crippen LogP contribution in [-0.2, 0) is 11.8 Å². The summed E-state index contributed by atoms with van der Waals surface area (Å²) in [5, 5.41) is 10.3. The van der Waals surface area contributed by atoms with Crippen molar-refractivity contribution in [2.45, 2.75) is 33.2 Å². The minimum absolute atomic E-state index is 0.125. The molecule has 152 valence electrons. The van der Waals surface area contributed by atoms with E-state index in [0.717, 1.165) is 40.0 Å². The number of fused-ring (bicyclic) bond motifs is 1. The van der Waals surface area contributed by atoms with Crippen molar-refractivity contribution >= 4 is 16.5 Å². The average molecular weight is 399 g/mol. The molecule has 0 radical (unpaired) electrons. The molecular formula is C24H25N5O. The lowest BCUT2D eigenvalue weighted by molar-refractivity contribution is 0.161. The second-order valence-electron chi connectivity index (χ2n) is 7.62. The zero-order chi connectivity index (χ0) is 21.3. The fourth-order valence-electron chi connectivity index (χ4n) is 3.87. The number of ether oxygens (including phenoxy) is 1. The molecule has 4 rings (SSSR count). The Morgan fingerprint density at radius 2 is 2.13 bits per heavy atom. The van der Waals surface area contributed by atoms with E-state index in [2.05, 4.69) is 18.2 Å². The van der Waals surface area contributed by atoms with E-state index in [-0.39, 0.29) is 6.04 Å². The predicted octanol–water partition coefficient (Wildman–Crippen LogP) is 3.92. The van der Waals surface area contributed by atoms with Gasteiger partial charge in [0.1, 0.15) is 5.82 Å². The van der Waals surface area contributed by atoms with Crippen molar-refractivity contribution in [1.29, 1.82) is 5.26 Å². The molecule has 6 nitrogen and oxygen atoms in total. The van der Waals surface area contributed by atoms with Gasteiger partial charge in [-0.1, -0.05) is 18.2 Å². The largest absolute Gasteiger partial charge is 0.377 e.